The van der Waals surface area contributed by atoms with Crippen molar-refractivity contribution in [3.63, 3.8) is 0 Å². The summed E-state index contributed by atoms with van der Waals surface area (Å²) < 4.78 is 1.62. The summed E-state index contributed by atoms with van der Waals surface area (Å²) in [5.74, 6) is -0.330. The second-order valence-corrected chi connectivity index (χ2v) is 6.28. The number of H-pyrrole nitrogens is 1. The summed E-state index contributed by atoms with van der Waals surface area (Å²) in [5, 5.41) is 2.82. The number of carbonyl (C=O) groups is 1. The van der Waals surface area contributed by atoms with Gasteiger partial charge >= 0.3 is 0 Å². The van der Waals surface area contributed by atoms with E-state index in [1.807, 2.05) is 32.0 Å². The molecule has 7 heteroatoms. The van der Waals surface area contributed by atoms with Crippen LogP contribution in [0.3, 0.4) is 0 Å². The maximum atomic E-state index is 12.7. The fourth-order valence-corrected chi connectivity index (χ4v) is 2.70. The van der Waals surface area contributed by atoms with Crippen molar-refractivity contribution in [2.24, 2.45) is 0 Å². The van der Waals surface area contributed by atoms with E-state index in [0.29, 0.717) is 18.5 Å². The van der Waals surface area contributed by atoms with E-state index in [1.54, 1.807) is 30.2 Å². The average molecular weight is 331 g/mol. The molecule has 0 bridgehead atoms. The first kappa shape index (κ1) is 17.9. The second kappa shape index (κ2) is 7.92. The predicted octanol–water partition coefficient (Wildman–Crippen LogP) is 0.975. The summed E-state index contributed by atoms with van der Waals surface area (Å²) in [5.41, 5.74) is 1.60. The van der Waals surface area contributed by atoms with Gasteiger partial charge in [0.05, 0.1) is 6.33 Å². The Kier molecular flexibility index (Phi) is 5.92. The monoisotopic (exact) mass is 331 g/mol. The van der Waals surface area contributed by atoms with E-state index < -0.39 is 0 Å². The van der Waals surface area contributed by atoms with Crippen LogP contribution in [0.2, 0.25) is 0 Å². The Balaban J connectivity index is 2.13. The number of aromatic amines is 1. The Morgan fingerprint density at radius 2 is 2.21 bits per heavy atom. The number of nitrogens with one attached hydrogen (secondary N) is 2. The molecule has 1 atom stereocenters. The molecule has 0 fully saturated rings. The fraction of sp³-hybridized carbons (Fsp3) is 0.471. The zero-order chi connectivity index (χ0) is 17.7. The van der Waals surface area contributed by atoms with Crippen LogP contribution >= 0.6 is 0 Å². The number of imidazole rings is 1. The van der Waals surface area contributed by atoms with Crippen molar-refractivity contribution < 1.29 is 4.79 Å². The third kappa shape index (κ3) is 4.32. The third-order valence-corrected chi connectivity index (χ3v) is 3.89. The number of hydrogen-bond acceptors (Lipinski definition) is 4. The van der Waals surface area contributed by atoms with Crippen LogP contribution in [0.1, 0.15) is 34.6 Å². The van der Waals surface area contributed by atoms with E-state index in [2.05, 4.69) is 15.3 Å². The molecule has 24 heavy (non-hydrogen) atoms. The van der Waals surface area contributed by atoms with Gasteiger partial charge in [-0.1, -0.05) is 0 Å². The molecule has 0 saturated heterocycles. The van der Waals surface area contributed by atoms with Crippen molar-refractivity contribution in [3.05, 3.63) is 52.0 Å². The molecule has 0 aliphatic heterocycles. The Hall–Kier alpha value is -2.41. The molecule has 2 heterocycles. The van der Waals surface area contributed by atoms with Gasteiger partial charge in [0.15, 0.2) is 0 Å². The average Bonchev–Trinajstić information content (AvgIpc) is 2.99. The minimum absolute atomic E-state index is 0.00959. The highest BCUT2D eigenvalue weighted by molar-refractivity contribution is 5.95. The van der Waals surface area contributed by atoms with Crippen LogP contribution in [0.4, 0.5) is 0 Å². The summed E-state index contributed by atoms with van der Waals surface area (Å²) in [6.45, 7) is 4.93. The lowest BCUT2D eigenvalue weighted by Crippen LogP contribution is -2.37. The number of aryl methyl sites for hydroxylation is 1. The lowest BCUT2D eigenvalue weighted by Gasteiger charge is -2.20. The Labute approximate surface area is 141 Å². The summed E-state index contributed by atoms with van der Waals surface area (Å²) in [6, 6.07) is 1.81. The Morgan fingerprint density at radius 3 is 2.83 bits per heavy atom. The maximum Gasteiger partial charge on any atom is 0.263 e. The van der Waals surface area contributed by atoms with Crippen molar-refractivity contribution in [2.75, 3.05) is 27.2 Å². The van der Waals surface area contributed by atoms with Crippen molar-refractivity contribution in [1.29, 1.82) is 0 Å². The Morgan fingerprint density at radius 1 is 1.46 bits per heavy atom. The SMILES string of the molecule is Cc1ccn(C(C)CN(C)C)c(=O)c1C(=O)NCCc1cnc[nH]1. The highest BCUT2D eigenvalue weighted by atomic mass is 16.2. The zero-order valence-corrected chi connectivity index (χ0v) is 14.7. The van der Waals surface area contributed by atoms with E-state index in [9.17, 15) is 9.59 Å². The highest BCUT2D eigenvalue weighted by Gasteiger charge is 2.18. The van der Waals surface area contributed by atoms with E-state index in [1.165, 1.54) is 0 Å². The van der Waals surface area contributed by atoms with Crippen LogP contribution in [0, 0.1) is 6.92 Å². The van der Waals surface area contributed by atoms with Gasteiger partial charge in [0.2, 0.25) is 0 Å². The molecule has 1 unspecified atom stereocenters. The maximum absolute atomic E-state index is 12.7. The molecule has 1 amide bonds. The highest BCUT2D eigenvalue weighted by Crippen LogP contribution is 2.08. The van der Waals surface area contributed by atoms with E-state index in [4.69, 9.17) is 0 Å². The van der Waals surface area contributed by atoms with Crippen molar-refractivity contribution in [1.82, 2.24) is 24.8 Å². The van der Waals surface area contributed by atoms with Gasteiger partial charge in [0, 0.05) is 43.6 Å². The molecular formula is C17H25N5O2. The van der Waals surface area contributed by atoms with Crippen LogP contribution in [0.25, 0.3) is 0 Å². The number of nitrogens with zero attached hydrogens (tertiary/aromatic N) is 3. The summed E-state index contributed by atoms with van der Waals surface area (Å²) in [6.07, 6.45) is 5.72. The van der Waals surface area contributed by atoms with E-state index >= 15 is 0 Å². The number of amides is 1. The van der Waals surface area contributed by atoms with Gasteiger partial charge in [0.25, 0.3) is 11.5 Å². The normalized spacial score (nSPS) is 12.4. The van der Waals surface area contributed by atoms with Crippen molar-refractivity contribution in [2.45, 2.75) is 26.3 Å². The van der Waals surface area contributed by atoms with Crippen LogP contribution in [0.5, 0.6) is 0 Å². The molecule has 2 rings (SSSR count). The Bertz CT molecular complexity index is 734. The lowest BCUT2D eigenvalue weighted by atomic mass is 10.1. The van der Waals surface area contributed by atoms with Crippen LogP contribution in [-0.2, 0) is 6.42 Å². The number of likely N-dealkylation sites (N-methyl/N-ethyl adjacent to an activating group) is 1. The standard InChI is InChI=1S/C17H25N5O2/c1-12-6-8-22(13(2)10-21(3)4)17(24)15(12)16(23)19-7-5-14-9-18-11-20-14/h6,8-9,11,13H,5,7,10H2,1-4H3,(H,18,20)(H,19,23). The largest absolute Gasteiger partial charge is 0.351 e. The van der Waals surface area contributed by atoms with Crippen molar-refractivity contribution >= 4 is 5.91 Å². The summed E-state index contributed by atoms with van der Waals surface area (Å²) in [4.78, 5) is 34.1. The molecule has 0 radical (unpaired) electrons. The number of pyridine rings is 1. The summed E-state index contributed by atoms with van der Waals surface area (Å²) in [7, 11) is 3.91. The lowest BCUT2D eigenvalue weighted by molar-refractivity contribution is 0.0951. The van der Waals surface area contributed by atoms with Gasteiger partial charge < -0.3 is 19.8 Å². The first-order valence-electron chi connectivity index (χ1n) is 8.02. The minimum Gasteiger partial charge on any atom is -0.351 e. The molecule has 0 spiro atoms. The molecule has 0 aromatic carbocycles. The molecular weight excluding hydrogens is 306 g/mol. The molecule has 0 aliphatic rings. The third-order valence-electron chi connectivity index (χ3n) is 3.89. The smallest absolute Gasteiger partial charge is 0.263 e. The molecule has 2 aromatic rings. The van der Waals surface area contributed by atoms with E-state index in [-0.39, 0.29) is 23.1 Å². The quantitative estimate of drug-likeness (QED) is 0.792. The van der Waals surface area contributed by atoms with Crippen LogP contribution in [0.15, 0.2) is 29.6 Å². The van der Waals surface area contributed by atoms with Crippen LogP contribution in [-0.4, -0.2) is 52.5 Å². The topological polar surface area (TPSA) is 83.0 Å². The molecule has 0 saturated carbocycles. The molecule has 130 valence electrons. The van der Waals surface area contributed by atoms with Gasteiger partial charge in [-0.15, -0.1) is 0 Å². The molecule has 2 aromatic heterocycles. The van der Waals surface area contributed by atoms with E-state index in [0.717, 1.165) is 12.2 Å². The van der Waals surface area contributed by atoms with Crippen molar-refractivity contribution in [3.8, 4) is 0 Å². The summed E-state index contributed by atoms with van der Waals surface area (Å²) >= 11 is 0. The number of hydrogen-bond donors (Lipinski definition) is 2. The number of aromatic nitrogens is 3. The van der Waals surface area contributed by atoms with Gasteiger partial charge in [-0.05, 0) is 39.6 Å². The first-order valence-corrected chi connectivity index (χ1v) is 8.02. The minimum atomic E-state index is -0.330. The molecule has 0 aliphatic carbocycles. The van der Waals surface area contributed by atoms with Gasteiger partial charge in [-0.25, -0.2) is 4.98 Å². The van der Waals surface area contributed by atoms with Crippen LogP contribution < -0.4 is 10.9 Å². The second-order valence-electron chi connectivity index (χ2n) is 6.28. The van der Waals surface area contributed by atoms with Gasteiger partial charge in [0.1, 0.15) is 5.56 Å². The molecule has 2 N–H and O–H groups in total. The number of rotatable bonds is 7. The first-order chi connectivity index (χ1) is 11.4. The predicted molar refractivity (Wildman–Crippen MR) is 93.3 cm³/mol. The fourth-order valence-electron chi connectivity index (χ4n) is 2.70. The number of carbonyl (C=O) groups excluding carboxylic acids is 1. The molecule has 7 nitrogen and oxygen atoms in total. The van der Waals surface area contributed by atoms with Gasteiger partial charge in [-0.3, -0.25) is 9.59 Å². The zero-order valence-electron chi connectivity index (χ0n) is 14.7. The van der Waals surface area contributed by atoms with Gasteiger partial charge in [-0.2, -0.15) is 0 Å².